The minimum atomic E-state index is 0.474. The summed E-state index contributed by atoms with van der Waals surface area (Å²) in [5, 5.41) is 10.1. The Balaban J connectivity index is 0.000000171. The fourth-order valence-corrected chi connectivity index (χ4v) is 3.41. The van der Waals surface area contributed by atoms with Gasteiger partial charge in [-0.3, -0.25) is 0 Å². The second-order valence-electron chi connectivity index (χ2n) is 5.69. The molecule has 0 spiro atoms. The highest BCUT2D eigenvalue weighted by Crippen LogP contribution is 2.32. The van der Waals surface area contributed by atoms with Crippen LogP contribution in [0.3, 0.4) is 0 Å². The van der Waals surface area contributed by atoms with Crippen molar-refractivity contribution in [1.82, 2.24) is 9.97 Å². The third-order valence-electron chi connectivity index (χ3n) is 3.84. The number of benzene rings is 2. The molecule has 0 bridgehead atoms. The Morgan fingerprint density at radius 2 is 1.23 bits per heavy atom. The van der Waals surface area contributed by atoms with Gasteiger partial charge in [-0.05, 0) is 60.2 Å². The molecule has 4 rings (SSSR count). The van der Waals surface area contributed by atoms with E-state index in [1.54, 1.807) is 42.7 Å². The van der Waals surface area contributed by atoms with E-state index in [1.165, 1.54) is 0 Å². The minimum absolute atomic E-state index is 0.474. The van der Waals surface area contributed by atoms with Crippen molar-refractivity contribution in [3.8, 4) is 0 Å². The van der Waals surface area contributed by atoms with E-state index in [0.29, 0.717) is 31.7 Å². The summed E-state index contributed by atoms with van der Waals surface area (Å²) in [6, 6.07) is 10.6. The molecular weight excluding hydrogens is 502 g/mol. The highest BCUT2D eigenvalue weighted by molar-refractivity contribution is 7.78. The first-order valence-electron chi connectivity index (χ1n) is 8.07. The molecule has 0 aliphatic heterocycles. The molecule has 0 atom stereocenters. The molecule has 0 aliphatic carbocycles. The lowest BCUT2D eigenvalue weighted by Gasteiger charge is -2.02. The fourth-order valence-electron chi connectivity index (χ4n) is 2.48. The van der Waals surface area contributed by atoms with Gasteiger partial charge in [0, 0.05) is 28.6 Å². The summed E-state index contributed by atoms with van der Waals surface area (Å²) in [4.78, 5) is 15.7. The van der Waals surface area contributed by atoms with Gasteiger partial charge in [0.2, 0.25) is 0 Å². The number of fused-ring (bicyclic) bond motifs is 2. The van der Waals surface area contributed by atoms with Crippen LogP contribution in [0, 0.1) is 0 Å². The summed E-state index contributed by atoms with van der Waals surface area (Å²) in [7, 11) is 0. The summed E-state index contributed by atoms with van der Waals surface area (Å²) in [6.45, 7) is 0. The molecule has 0 saturated carbocycles. The van der Waals surface area contributed by atoms with E-state index in [0.717, 1.165) is 21.5 Å². The third-order valence-corrected chi connectivity index (χ3v) is 5.57. The van der Waals surface area contributed by atoms with E-state index in [9.17, 15) is 0 Å². The van der Waals surface area contributed by atoms with Gasteiger partial charge >= 0.3 is 0 Å². The SMILES string of the molecule is S=C=Nc1cc2c(Cl)c(Cl)ccc2cn1.S=C=Nc1cc2cc(Cl)c(Cl)cc2cn1. The Bertz CT molecular complexity index is 1360. The average Bonchev–Trinajstić information content (AvgIpc) is 2.73. The number of aromatic nitrogens is 2. The van der Waals surface area contributed by atoms with Gasteiger partial charge in [-0.1, -0.05) is 52.5 Å². The second kappa shape index (κ2) is 10.4. The van der Waals surface area contributed by atoms with Gasteiger partial charge < -0.3 is 0 Å². The van der Waals surface area contributed by atoms with Crippen LogP contribution < -0.4 is 0 Å². The summed E-state index contributed by atoms with van der Waals surface area (Å²) in [6.07, 6.45) is 3.34. The van der Waals surface area contributed by atoms with Crippen molar-refractivity contribution in [3.63, 3.8) is 0 Å². The molecule has 4 aromatic rings. The van der Waals surface area contributed by atoms with E-state index in [-0.39, 0.29) is 0 Å². The number of pyridine rings is 2. The van der Waals surface area contributed by atoms with Crippen LogP contribution in [-0.4, -0.2) is 20.3 Å². The predicted molar refractivity (Wildman–Crippen MR) is 133 cm³/mol. The Hall–Kier alpha value is -1.98. The van der Waals surface area contributed by atoms with E-state index >= 15 is 0 Å². The van der Waals surface area contributed by atoms with Crippen LogP contribution in [0.4, 0.5) is 11.6 Å². The lowest BCUT2D eigenvalue weighted by molar-refractivity contribution is 1.31. The summed E-state index contributed by atoms with van der Waals surface area (Å²) < 4.78 is 0. The molecule has 0 saturated heterocycles. The number of isothiocyanates is 2. The van der Waals surface area contributed by atoms with Gasteiger partial charge in [-0.25, -0.2) is 9.97 Å². The van der Waals surface area contributed by atoms with Gasteiger partial charge in [-0.2, -0.15) is 9.98 Å². The van der Waals surface area contributed by atoms with Crippen LogP contribution in [-0.2, 0) is 0 Å². The Labute approximate surface area is 202 Å². The van der Waals surface area contributed by atoms with Crippen LogP contribution in [0.15, 0.2) is 58.8 Å². The fraction of sp³-hybridized carbons (Fsp3) is 0. The number of hydrogen-bond acceptors (Lipinski definition) is 6. The molecule has 10 heteroatoms. The highest BCUT2D eigenvalue weighted by atomic mass is 35.5. The largest absolute Gasteiger partial charge is 0.236 e. The molecule has 148 valence electrons. The highest BCUT2D eigenvalue weighted by Gasteiger charge is 2.05. The zero-order valence-electron chi connectivity index (χ0n) is 14.7. The summed E-state index contributed by atoms with van der Waals surface area (Å²) in [5.41, 5.74) is 0. The van der Waals surface area contributed by atoms with Crippen molar-refractivity contribution in [2.75, 3.05) is 0 Å². The molecule has 0 unspecified atom stereocenters. The van der Waals surface area contributed by atoms with Gasteiger partial charge in [-0.15, -0.1) is 0 Å². The Morgan fingerprint density at radius 1 is 0.667 bits per heavy atom. The molecule has 0 fully saturated rings. The number of thiocarbonyl (C=S) groups is 2. The molecule has 0 N–H and O–H groups in total. The Morgan fingerprint density at radius 3 is 1.87 bits per heavy atom. The topological polar surface area (TPSA) is 50.5 Å². The average molecular weight is 510 g/mol. The van der Waals surface area contributed by atoms with Crippen LogP contribution in [0.5, 0.6) is 0 Å². The minimum Gasteiger partial charge on any atom is -0.236 e. The van der Waals surface area contributed by atoms with E-state index in [1.807, 2.05) is 6.07 Å². The molecule has 0 radical (unpaired) electrons. The van der Waals surface area contributed by atoms with Crippen LogP contribution in [0.25, 0.3) is 21.5 Å². The van der Waals surface area contributed by atoms with Gasteiger partial charge in [0.05, 0.1) is 30.4 Å². The molecular formula is C20H8Cl4N4S2. The van der Waals surface area contributed by atoms with Gasteiger partial charge in [0.15, 0.2) is 11.6 Å². The van der Waals surface area contributed by atoms with E-state index in [2.05, 4.69) is 54.7 Å². The second-order valence-corrected chi connectivity index (χ2v) is 7.65. The number of aliphatic imine (C=N–C) groups is 2. The van der Waals surface area contributed by atoms with Crippen molar-refractivity contribution in [2.45, 2.75) is 0 Å². The first-order valence-corrected chi connectivity index (χ1v) is 10.4. The van der Waals surface area contributed by atoms with Crippen LogP contribution in [0.2, 0.25) is 20.1 Å². The lowest BCUT2D eigenvalue weighted by Crippen LogP contribution is -1.79. The first-order chi connectivity index (χ1) is 14.4. The summed E-state index contributed by atoms with van der Waals surface area (Å²) >= 11 is 32.7. The molecule has 0 aliphatic rings. The number of rotatable bonds is 2. The first kappa shape index (κ1) is 22.7. The summed E-state index contributed by atoms with van der Waals surface area (Å²) in [5.74, 6) is 0.984. The molecule has 30 heavy (non-hydrogen) atoms. The van der Waals surface area contributed by atoms with Crippen LogP contribution in [0.1, 0.15) is 0 Å². The zero-order valence-corrected chi connectivity index (χ0v) is 19.4. The van der Waals surface area contributed by atoms with Crippen molar-refractivity contribution in [1.29, 1.82) is 0 Å². The van der Waals surface area contributed by atoms with Gasteiger partial charge in [0.1, 0.15) is 0 Å². The van der Waals surface area contributed by atoms with E-state index in [4.69, 9.17) is 46.4 Å². The normalized spacial score (nSPS) is 10.0. The van der Waals surface area contributed by atoms with Crippen LogP contribution >= 0.6 is 70.8 Å². The maximum absolute atomic E-state index is 6.05. The van der Waals surface area contributed by atoms with Crippen molar-refractivity contribution < 1.29 is 0 Å². The quantitative estimate of drug-likeness (QED) is 0.200. The molecule has 4 nitrogen and oxygen atoms in total. The lowest BCUT2D eigenvalue weighted by atomic mass is 10.2. The molecule has 2 heterocycles. The molecule has 2 aromatic heterocycles. The van der Waals surface area contributed by atoms with Crippen molar-refractivity contribution in [3.05, 3.63) is 68.9 Å². The van der Waals surface area contributed by atoms with Crippen molar-refractivity contribution >= 4 is 114 Å². The number of halogens is 4. The third kappa shape index (κ3) is 5.38. The maximum Gasteiger partial charge on any atom is 0.163 e. The standard InChI is InChI=1S/2C10H4Cl2N2S/c11-8-1-6-3-10(14-5-15)13-4-7(6)2-9(8)12;11-8-2-1-6-4-13-9(14-5-15)3-7(6)10(8)12/h2*1-4H. The van der Waals surface area contributed by atoms with E-state index < -0.39 is 0 Å². The maximum atomic E-state index is 6.05. The van der Waals surface area contributed by atoms with Crippen molar-refractivity contribution in [2.24, 2.45) is 9.98 Å². The Kier molecular flexibility index (Phi) is 7.84. The molecule has 0 amide bonds. The monoisotopic (exact) mass is 508 g/mol. The number of hydrogen-bond donors (Lipinski definition) is 0. The smallest absolute Gasteiger partial charge is 0.163 e. The van der Waals surface area contributed by atoms with Gasteiger partial charge in [0.25, 0.3) is 0 Å². The number of nitrogens with zero attached hydrogens (tertiary/aromatic N) is 4. The zero-order chi connectivity index (χ0) is 21.7. The molecule has 2 aromatic carbocycles. The predicted octanol–water partition coefficient (Wildman–Crippen LogP) is 8.55.